The number of aryl methyl sites for hydroxylation is 2. The molecule has 1 aromatic carbocycles. The second kappa shape index (κ2) is 4.86. The molecule has 1 aliphatic carbocycles. The largest absolute Gasteiger partial charge is 0.508 e. The summed E-state index contributed by atoms with van der Waals surface area (Å²) in [5, 5.41) is 18.9. The summed E-state index contributed by atoms with van der Waals surface area (Å²) in [5.74, 6) is 0.854. The van der Waals surface area contributed by atoms with E-state index in [1.165, 1.54) is 5.56 Å². The summed E-state index contributed by atoms with van der Waals surface area (Å²) < 4.78 is 0. The highest BCUT2D eigenvalue weighted by Crippen LogP contribution is 2.31. The van der Waals surface area contributed by atoms with Gasteiger partial charge in [-0.25, -0.2) is 4.98 Å². The number of anilines is 2. The van der Waals surface area contributed by atoms with Crippen LogP contribution in [0.3, 0.4) is 0 Å². The Balaban J connectivity index is 2.07. The van der Waals surface area contributed by atoms with E-state index in [0.717, 1.165) is 30.6 Å². The minimum absolute atomic E-state index is 0.203. The van der Waals surface area contributed by atoms with Crippen LogP contribution in [0.15, 0.2) is 30.3 Å². The van der Waals surface area contributed by atoms with Crippen LogP contribution in [0, 0.1) is 11.3 Å². The maximum atomic E-state index is 9.58. The molecule has 0 saturated carbocycles. The first kappa shape index (κ1) is 12.5. The Morgan fingerprint density at radius 1 is 1.30 bits per heavy atom. The fraction of sp³-hybridized carbons (Fsp3) is 0.250. The van der Waals surface area contributed by atoms with Gasteiger partial charge in [0.25, 0.3) is 0 Å². The number of hydrogen-bond acceptors (Lipinski definition) is 4. The lowest BCUT2D eigenvalue weighted by Crippen LogP contribution is -2.14. The van der Waals surface area contributed by atoms with Crippen molar-refractivity contribution >= 4 is 11.5 Å². The topological polar surface area (TPSA) is 60.1 Å². The zero-order valence-corrected chi connectivity index (χ0v) is 11.3. The Bertz CT molecular complexity index is 703. The molecule has 0 unspecified atom stereocenters. The van der Waals surface area contributed by atoms with Crippen molar-refractivity contribution in [1.82, 2.24) is 4.98 Å². The van der Waals surface area contributed by atoms with Gasteiger partial charge in [-0.05, 0) is 43.0 Å². The zero-order valence-electron chi connectivity index (χ0n) is 11.3. The van der Waals surface area contributed by atoms with Crippen molar-refractivity contribution in [2.45, 2.75) is 19.3 Å². The molecule has 100 valence electrons. The Hall–Kier alpha value is -2.54. The number of benzene rings is 1. The van der Waals surface area contributed by atoms with Crippen molar-refractivity contribution in [3.8, 4) is 11.8 Å². The van der Waals surface area contributed by atoms with E-state index >= 15 is 0 Å². The molecule has 20 heavy (non-hydrogen) atoms. The predicted molar refractivity (Wildman–Crippen MR) is 77.1 cm³/mol. The van der Waals surface area contributed by atoms with Crippen molar-refractivity contribution in [3.63, 3.8) is 0 Å². The van der Waals surface area contributed by atoms with Gasteiger partial charge in [0, 0.05) is 24.5 Å². The van der Waals surface area contributed by atoms with Crippen LogP contribution in [0.2, 0.25) is 0 Å². The molecule has 0 bridgehead atoms. The van der Waals surface area contributed by atoms with Crippen molar-refractivity contribution in [1.29, 1.82) is 5.26 Å². The number of phenolic OH excluding ortho intramolecular Hbond substituents is 1. The Labute approximate surface area is 117 Å². The minimum Gasteiger partial charge on any atom is -0.508 e. The molecule has 4 nitrogen and oxygen atoms in total. The summed E-state index contributed by atoms with van der Waals surface area (Å²) in [4.78, 5) is 6.50. The highest BCUT2D eigenvalue weighted by molar-refractivity contribution is 5.67. The Kier molecular flexibility index (Phi) is 3.03. The first-order valence-corrected chi connectivity index (χ1v) is 6.64. The van der Waals surface area contributed by atoms with Crippen LogP contribution in [0.4, 0.5) is 11.5 Å². The third kappa shape index (κ3) is 2.08. The average molecular weight is 265 g/mol. The quantitative estimate of drug-likeness (QED) is 0.907. The van der Waals surface area contributed by atoms with Crippen LogP contribution >= 0.6 is 0 Å². The monoisotopic (exact) mass is 265 g/mol. The predicted octanol–water partition coefficient (Wildman–Crippen LogP) is 2.92. The van der Waals surface area contributed by atoms with Gasteiger partial charge in [-0.3, -0.25) is 0 Å². The zero-order chi connectivity index (χ0) is 14.1. The van der Waals surface area contributed by atoms with Gasteiger partial charge in [0.15, 0.2) is 5.82 Å². The molecule has 1 aromatic heterocycles. The highest BCUT2D eigenvalue weighted by atomic mass is 16.3. The smallest absolute Gasteiger partial charge is 0.151 e. The van der Waals surface area contributed by atoms with Gasteiger partial charge >= 0.3 is 0 Å². The maximum absolute atomic E-state index is 9.58. The molecule has 0 atom stereocenters. The first-order chi connectivity index (χ1) is 9.69. The van der Waals surface area contributed by atoms with E-state index in [1.54, 1.807) is 18.2 Å². The lowest BCUT2D eigenvalue weighted by molar-refractivity contribution is 0.475. The Morgan fingerprint density at radius 2 is 2.15 bits per heavy atom. The first-order valence-electron chi connectivity index (χ1n) is 6.64. The molecule has 4 heteroatoms. The van der Waals surface area contributed by atoms with Crippen molar-refractivity contribution in [2.24, 2.45) is 0 Å². The average Bonchev–Trinajstić information content (AvgIpc) is 2.92. The molecular formula is C16H15N3O. The van der Waals surface area contributed by atoms with Crippen molar-refractivity contribution in [3.05, 3.63) is 47.2 Å². The van der Waals surface area contributed by atoms with E-state index in [-0.39, 0.29) is 5.75 Å². The number of aromatic hydroxyl groups is 1. The fourth-order valence-electron chi connectivity index (χ4n) is 2.62. The lowest BCUT2D eigenvalue weighted by atomic mass is 10.1. The van der Waals surface area contributed by atoms with Gasteiger partial charge in [0.1, 0.15) is 11.8 Å². The Morgan fingerprint density at radius 3 is 2.90 bits per heavy atom. The standard InChI is InChI=1S/C16H15N3O/c1-19(13-5-3-6-14(20)9-13)16-12(10-17)8-11-4-2-7-15(11)18-16/h3,5-6,8-9,20H,2,4,7H2,1H3. The molecule has 0 radical (unpaired) electrons. The van der Waals surface area contributed by atoms with E-state index in [9.17, 15) is 10.4 Å². The number of rotatable bonds is 2. The number of hydrogen-bond donors (Lipinski definition) is 1. The van der Waals surface area contributed by atoms with Gasteiger partial charge in [0.05, 0.1) is 5.56 Å². The van der Waals surface area contributed by atoms with Crippen molar-refractivity contribution < 1.29 is 5.11 Å². The summed E-state index contributed by atoms with van der Waals surface area (Å²) >= 11 is 0. The molecule has 0 fully saturated rings. The van der Waals surface area contributed by atoms with E-state index in [1.807, 2.05) is 24.1 Å². The van der Waals surface area contributed by atoms with Gasteiger partial charge in [-0.15, -0.1) is 0 Å². The van der Waals surface area contributed by atoms with Crippen LogP contribution in [-0.2, 0) is 12.8 Å². The number of aromatic nitrogens is 1. The summed E-state index contributed by atoms with van der Waals surface area (Å²) in [5.41, 5.74) is 3.67. The van der Waals surface area contributed by atoms with Gasteiger partial charge in [-0.1, -0.05) is 6.07 Å². The normalized spacial score (nSPS) is 12.8. The third-order valence-corrected chi connectivity index (χ3v) is 3.69. The summed E-state index contributed by atoms with van der Waals surface area (Å²) in [6.07, 6.45) is 3.08. The lowest BCUT2D eigenvalue weighted by Gasteiger charge is -2.20. The molecule has 3 rings (SSSR count). The minimum atomic E-state index is 0.203. The van der Waals surface area contributed by atoms with Gasteiger partial charge in [-0.2, -0.15) is 5.26 Å². The maximum Gasteiger partial charge on any atom is 0.151 e. The molecule has 0 saturated heterocycles. The van der Waals surface area contributed by atoms with Crippen LogP contribution in [-0.4, -0.2) is 17.1 Å². The third-order valence-electron chi connectivity index (χ3n) is 3.69. The SMILES string of the molecule is CN(c1cccc(O)c1)c1nc2c(cc1C#N)CCC2. The fourth-order valence-corrected chi connectivity index (χ4v) is 2.62. The molecular weight excluding hydrogens is 250 g/mol. The molecule has 1 heterocycles. The van der Waals surface area contributed by atoms with Gasteiger partial charge in [0.2, 0.25) is 0 Å². The molecule has 0 spiro atoms. The highest BCUT2D eigenvalue weighted by Gasteiger charge is 2.19. The molecule has 2 aromatic rings. The van der Waals surface area contributed by atoms with E-state index in [4.69, 9.17) is 0 Å². The van der Waals surface area contributed by atoms with E-state index in [2.05, 4.69) is 11.1 Å². The molecule has 1 N–H and O–H groups in total. The second-order valence-electron chi connectivity index (χ2n) is 5.01. The molecule has 0 aliphatic heterocycles. The number of phenols is 1. The van der Waals surface area contributed by atoms with Crippen LogP contribution in [0.5, 0.6) is 5.75 Å². The summed E-state index contributed by atoms with van der Waals surface area (Å²) in [6, 6.07) is 11.1. The van der Waals surface area contributed by atoms with E-state index < -0.39 is 0 Å². The summed E-state index contributed by atoms with van der Waals surface area (Å²) in [6.45, 7) is 0. The molecule has 1 aliphatic rings. The molecule has 0 amide bonds. The van der Waals surface area contributed by atoms with Gasteiger partial charge < -0.3 is 10.0 Å². The van der Waals surface area contributed by atoms with Crippen LogP contribution in [0.1, 0.15) is 23.2 Å². The van der Waals surface area contributed by atoms with Crippen LogP contribution in [0.25, 0.3) is 0 Å². The van der Waals surface area contributed by atoms with Crippen LogP contribution < -0.4 is 4.90 Å². The summed E-state index contributed by atoms with van der Waals surface area (Å²) in [7, 11) is 1.86. The number of pyridine rings is 1. The van der Waals surface area contributed by atoms with Crippen molar-refractivity contribution in [2.75, 3.05) is 11.9 Å². The number of nitriles is 1. The number of nitrogens with zero attached hydrogens (tertiary/aromatic N) is 3. The van der Waals surface area contributed by atoms with E-state index in [0.29, 0.717) is 11.4 Å². The second-order valence-corrected chi connectivity index (χ2v) is 5.01. The number of fused-ring (bicyclic) bond motifs is 1.